The first-order valence-corrected chi connectivity index (χ1v) is 12.9. The standard InChI is InChI=1S/C25H28NO4S2.BrH/c27-24(25(28,21-8-4-16-31-21)22-9-5-17-32-22)30-23-18-19-10-12-26(23,13-11-19)14-15-29-20-6-2-1-3-7-20;/h1-9,16-17,19,23,28H,10-15,18H2;1H/q+1;/p-1/t19?,23-,26?;/m1./s1. The summed E-state index contributed by atoms with van der Waals surface area (Å²) in [4.78, 5) is 14.7. The summed E-state index contributed by atoms with van der Waals surface area (Å²) in [6.07, 6.45) is 2.90. The van der Waals surface area contributed by atoms with Crippen LogP contribution in [0.1, 0.15) is 29.0 Å². The monoisotopic (exact) mass is 549 g/mol. The molecule has 3 aliphatic heterocycles. The van der Waals surface area contributed by atoms with Crippen molar-refractivity contribution in [2.24, 2.45) is 5.92 Å². The van der Waals surface area contributed by atoms with Crippen LogP contribution in [0.5, 0.6) is 5.75 Å². The van der Waals surface area contributed by atoms with Gasteiger partial charge in [-0.25, -0.2) is 4.79 Å². The molecular weight excluding hydrogens is 522 g/mol. The minimum Gasteiger partial charge on any atom is -1.00 e. The minimum atomic E-state index is -1.76. The first-order chi connectivity index (χ1) is 15.6. The maximum atomic E-state index is 13.5. The van der Waals surface area contributed by atoms with E-state index in [-0.39, 0.29) is 23.2 Å². The van der Waals surface area contributed by atoms with Crippen LogP contribution in [0.2, 0.25) is 0 Å². The largest absolute Gasteiger partial charge is 1.00 e. The highest BCUT2D eigenvalue weighted by atomic mass is 79.9. The second-order valence-corrected chi connectivity index (χ2v) is 10.7. The van der Waals surface area contributed by atoms with E-state index in [4.69, 9.17) is 9.47 Å². The Kier molecular flexibility index (Phi) is 7.60. The number of hydrogen-bond donors (Lipinski definition) is 1. The van der Waals surface area contributed by atoms with Gasteiger partial charge in [0.1, 0.15) is 18.9 Å². The van der Waals surface area contributed by atoms with Gasteiger partial charge in [-0.3, -0.25) is 4.48 Å². The number of carbonyl (C=O) groups is 1. The number of carbonyl (C=O) groups excluding carboxylic acids is 1. The summed E-state index contributed by atoms with van der Waals surface area (Å²) in [6, 6.07) is 17.1. The molecule has 0 radical (unpaired) electrons. The van der Waals surface area contributed by atoms with E-state index in [0.29, 0.717) is 22.3 Å². The van der Waals surface area contributed by atoms with E-state index in [1.54, 1.807) is 12.1 Å². The van der Waals surface area contributed by atoms with Crippen LogP contribution >= 0.6 is 22.7 Å². The molecule has 3 saturated heterocycles. The number of benzene rings is 1. The molecular formula is C25H28BrNO4S2. The van der Waals surface area contributed by atoms with Crippen molar-refractivity contribution < 1.29 is 40.8 Å². The van der Waals surface area contributed by atoms with E-state index in [2.05, 4.69) is 0 Å². The minimum absolute atomic E-state index is 0. The number of ether oxygens (including phenoxy) is 2. The molecule has 8 heteroatoms. The molecule has 0 amide bonds. The van der Waals surface area contributed by atoms with Crippen LogP contribution in [-0.4, -0.2) is 48.0 Å². The molecule has 0 saturated carbocycles. The number of quaternary nitrogens is 1. The Morgan fingerprint density at radius 3 is 2.21 bits per heavy atom. The lowest BCUT2D eigenvalue weighted by Crippen LogP contribution is -3.00. The van der Waals surface area contributed by atoms with Gasteiger partial charge in [-0.1, -0.05) is 30.3 Å². The van der Waals surface area contributed by atoms with Crippen molar-refractivity contribution in [2.75, 3.05) is 26.2 Å². The molecule has 33 heavy (non-hydrogen) atoms. The van der Waals surface area contributed by atoms with E-state index in [0.717, 1.165) is 49.1 Å². The summed E-state index contributed by atoms with van der Waals surface area (Å²) in [5.41, 5.74) is -1.76. The molecule has 5 heterocycles. The number of nitrogens with zero attached hydrogens (tertiary/aromatic N) is 1. The van der Waals surface area contributed by atoms with E-state index in [1.807, 2.05) is 53.2 Å². The van der Waals surface area contributed by atoms with Gasteiger partial charge in [0.15, 0.2) is 0 Å². The van der Waals surface area contributed by atoms with Crippen LogP contribution in [0.3, 0.4) is 0 Å². The summed E-state index contributed by atoms with van der Waals surface area (Å²) >= 11 is 2.75. The fourth-order valence-corrected chi connectivity index (χ4v) is 6.77. The number of esters is 1. The average Bonchev–Trinajstić information content (AvgIpc) is 3.55. The van der Waals surface area contributed by atoms with Gasteiger partial charge in [-0.2, -0.15) is 0 Å². The zero-order chi connectivity index (χ0) is 22.0. The van der Waals surface area contributed by atoms with Crippen molar-refractivity contribution in [3.8, 4) is 5.75 Å². The lowest BCUT2D eigenvalue weighted by Gasteiger charge is -2.53. The van der Waals surface area contributed by atoms with Crippen LogP contribution < -0.4 is 21.7 Å². The Labute approximate surface area is 212 Å². The lowest BCUT2D eigenvalue weighted by atomic mass is 9.84. The fraction of sp³-hybridized carbons (Fsp3) is 0.400. The van der Waals surface area contributed by atoms with Crippen LogP contribution in [-0.2, 0) is 15.1 Å². The van der Waals surface area contributed by atoms with E-state index in [9.17, 15) is 9.90 Å². The Hall–Kier alpha value is -1.71. The molecule has 5 nitrogen and oxygen atoms in total. The molecule has 6 rings (SSSR count). The maximum absolute atomic E-state index is 13.5. The number of hydrogen-bond acceptors (Lipinski definition) is 6. The smallest absolute Gasteiger partial charge is 0.353 e. The topological polar surface area (TPSA) is 55.8 Å². The summed E-state index contributed by atoms with van der Waals surface area (Å²) in [5, 5.41) is 15.4. The highest BCUT2D eigenvalue weighted by Gasteiger charge is 2.52. The number of rotatable bonds is 8. The SMILES string of the molecule is O=C(O[C@@H]1CC2CC[N+]1(CCOc1ccccc1)CC2)C(O)(c1cccs1)c1cccs1.[Br-]. The molecule has 3 aromatic rings. The summed E-state index contributed by atoms with van der Waals surface area (Å²) < 4.78 is 12.9. The highest BCUT2D eigenvalue weighted by molar-refractivity contribution is 7.12. The Morgan fingerprint density at radius 2 is 1.64 bits per heavy atom. The Balaban J connectivity index is 0.00000259. The molecule has 2 bridgehead atoms. The van der Waals surface area contributed by atoms with Gasteiger partial charge in [0.05, 0.1) is 22.8 Å². The highest BCUT2D eigenvalue weighted by Crippen LogP contribution is 2.42. The zero-order valence-electron chi connectivity index (χ0n) is 18.3. The molecule has 1 atom stereocenters. The van der Waals surface area contributed by atoms with Crippen molar-refractivity contribution in [3.05, 3.63) is 75.1 Å². The van der Waals surface area contributed by atoms with E-state index < -0.39 is 11.6 Å². The number of aliphatic hydroxyl groups is 1. The van der Waals surface area contributed by atoms with Crippen molar-refractivity contribution in [3.63, 3.8) is 0 Å². The number of halogens is 1. The Morgan fingerprint density at radius 1 is 1.00 bits per heavy atom. The first kappa shape index (κ1) is 24.4. The Bertz CT molecular complexity index is 984. The van der Waals surface area contributed by atoms with Gasteiger partial charge in [-0.15, -0.1) is 22.7 Å². The van der Waals surface area contributed by atoms with Crippen LogP contribution in [0.4, 0.5) is 0 Å². The third-order valence-corrected chi connectivity index (χ3v) is 8.91. The van der Waals surface area contributed by atoms with E-state index >= 15 is 0 Å². The molecule has 2 aromatic heterocycles. The van der Waals surface area contributed by atoms with Gasteiger partial charge >= 0.3 is 5.97 Å². The lowest BCUT2D eigenvalue weighted by molar-refractivity contribution is -0.984. The zero-order valence-corrected chi connectivity index (χ0v) is 21.5. The number of piperidine rings is 3. The molecule has 3 fully saturated rings. The van der Waals surface area contributed by atoms with Gasteiger partial charge < -0.3 is 31.6 Å². The van der Waals surface area contributed by atoms with Crippen molar-refractivity contribution in [1.82, 2.24) is 0 Å². The molecule has 0 unspecified atom stereocenters. The number of fused-ring (bicyclic) bond motifs is 3. The summed E-state index contributed by atoms with van der Waals surface area (Å²) in [7, 11) is 0. The normalized spacial score (nSPS) is 24.2. The van der Waals surface area contributed by atoms with Crippen molar-refractivity contribution >= 4 is 28.6 Å². The molecule has 176 valence electrons. The predicted molar refractivity (Wildman–Crippen MR) is 126 cm³/mol. The molecule has 0 aliphatic carbocycles. The number of para-hydroxylation sites is 1. The van der Waals surface area contributed by atoms with Crippen LogP contribution in [0.15, 0.2) is 65.4 Å². The predicted octanol–water partition coefficient (Wildman–Crippen LogP) is 1.63. The van der Waals surface area contributed by atoms with Crippen LogP contribution in [0, 0.1) is 5.92 Å². The van der Waals surface area contributed by atoms with Crippen molar-refractivity contribution in [1.29, 1.82) is 0 Å². The molecule has 3 aliphatic rings. The second kappa shape index (κ2) is 10.3. The third kappa shape index (κ3) is 4.77. The average molecular weight is 551 g/mol. The van der Waals surface area contributed by atoms with Gasteiger partial charge in [0, 0.05) is 19.3 Å². The van der Waals surface area contributed by atoms with Crippen LogP contribution in [0.25, 0.3) is 0 Å². The van der Waals surface area contributed by atoms with Gasteiger partial charge in [0.2, 0.25) is 11.8 Å². The first-order valence-electron chi connectivity index (χ1n) is 11.2. The maximum Gasteiger partial charge on any atom is 0.353 e. The second-order valence-electron chi connectivity index (χ2n) is 8.75. The fourth-order valence-electron chi connectivity index (χ4n) is 5.06. The molecule has 1 N–H and O–H groups in total. The van der Waals surface area contributed by atoms with Gasteiger partial charge in [0.25, 0.3) is 0 Å². The molecule has 1 aromatic carbocycles. The summed E-state index contributed by atoms with van der Waals surface area (Å²) in [6.45, 7) is 3.33. The quantitative estimate of drug-likeness (QED) is 0.343. The van der Waals surface area contributed by atoms with Crippen molar-refractivity contribution in [2.45, 2.75) is 31.1 Å². The van der Waals surface area contributed by atoms with Gasteiger partial charge in [-0.05, 0) is 40.9 Å². The third-order valence-electron chi connectivity index (χ3n) is 6.95. The molecule has 0 spiro atoms. The summed E-state index contributed by atoms with van der Waals surface area (Å²) in [5.74, 6) is 0.872. The van der Waals surface area contributed by atoms with E-state index in [1.165, 1.54) is 22.7 Å². The number of thiophene rings is 2.